The molecule has 0 spiro atoms. The highest BCUT2D eigenvalue weighted by Gasteiger charge is 2.03. The van der Waals surface area contributed by atoms with Crippen LogP contribution in [0.1, 0.15) is 5.56 Å². The second-order valence-corrected chi connectivity index (χ2v) is 2.58. The Kier molecular flexibility index (Phi) is 3.28. The molecular formula is C9H7F2NO2. The van der Waals surface area contributed by atoms with Crippen molar-refractivity contribution in [1.29, 1.82) is 0 Å². The molecule has 0 aliphatic carbocycles. The minimum absolute atomic E-state index is 0.00519. The van der Waals surface area contributed by atoms with Crippen LogP contribution in [0, 0.1) is 11.6 Å². The zero-order valence-corrected chi connectivity index (χ0v) is 7.09. The normalized spacial score (nSPS) is 9.57. The number of rotatable bonds is 3. The largest absolute Gasteiger partial charge is 0.346 e. The Morgan fingerprint density at radius 1 is 1.36 bits per heavy atom. The first-order chi connectivity index (χ1) is 6.63. The number of hydrogen-bond acceptors (Lipinski definition) is 2. The average Bonchev–Trinajstić information content (AvgIpc) is 2.19. The third-order valence-electron chi connectivity index (χ3n) is 1.56. The molecule has 0 aliphatic heterocycles. The van der Waals surface area contributed by atoms with Gasteiger partial charge in [-0.1, -0.05) is 6.07 Å². The Labute approximate surface area is 78.7 Å². The zero-order chi connectivity index (χ0) is 10.6. The van der Waals surface area contributed by atoms with E-state index in [1.165, 1.54) is 6.07 Å². The Bertz CT molecular complexity index is 366. The summed E-state index contributed by atoms with van der Waals surface area (Å²) in [7, 11) is 0. The number of halogens is 2. The summed E-state index contributed by atoms with van der Waals surface area (Å²) < 4.78 is 25.1. The van der Waals surface area contributed by atoms with Crippen LogP contribution in [0.3, 0.4) is 0 Å². The van der Waals surface area contributed by atoms with Gasteiger partial charge in [-0.2, -0.15) is 0 Å². The number of aldehydes is 1. The van der Waals surface area contributed by atoms with Crippen LogP contribution in [0.15, 0.2) is 18.2 Å². The Morgan fingerprint density at radius 2 is 2.07 bits per heavy atom. The summed E-state index contributed by atoms with van der Waals surface area (Å²) in [5.41, 5.74) is 0.388. The molecule has 14 heavy (non-hydrogen) atoms. The maximum Gasteiger partial charge on any atom is 0.284 e. The zero-order valence-electron chi connectivity index (χ0n) is 7.09. The van der Waals surface area contributed by atoms with Crippen molar-refractivity contribution < 1.29 is 18.4 Å². The van der Waals surface area contributed by atoms with Gasteiger partial charge in [-0.15, -0.1) is 0 Å². The van der Waals surface area contributed by atoms with Crippen molar-refractivity contribution in [2.45, 2.75) is 6.54 Å². The Balaban J connectivity index is 2.64. The second kappa shape index (κ2) is 4.45. The van der Waals surface area contributed by atoms with E-state index in [4.69, 9.17) is 0 Å². The smallest absolute Gasteiger partial charge is 0.284 e. The van der Waals surface area contributed by atoms with Crippen LogP contribution in [-0.4, -0.2) is 12.2 Å². The quantitative estimate of drug-likeness (QED) is 0.577. The molecule has 0 atom stereocenters. The number of hydrogen-bond donors (Lipinski definition) is 1. The first kappa shape index (κ1) is 10.3. The lowest BCUT2D eigenvalue weighted by Gasteiger charge is -2.01. The molecule has 1 aromatic rings. The van der Waals surface area contributed by atoms with Gasteiger partial charge in [-0.25, -0.2) is 8.78 Å². The second-order valence-electron chi connectivity index (χ2n) is 2.58. The van der Waals surface area contributed by atoms with Crippen molar-refractivity contribution in [2.24, 2.45) is 0 Å². The predicted molar refractivity (Wildman–Crippen MR) is 44.3 cm³/mol. The van der Waals surface area contributed by atoms with Gasteiger partial charge in [0.15, 0.2) is 11.6 Å². The summed E-state index contributed by atoms with van der Waals surface area (Å²) >= 11 is 0. The summed E-state index contributed by atoms with van der Waals surface area (Å²) in [4.78, 5) is 20.4. The highest BCUT2D eigenvalue weighted by atomic mass is 19.2. The van der Waals surface area contributed by atoms with Gasteiger partial charge in [0, 0.05) is 6.54 Å². The molecule has 1 aromatic carbocycles. The lowest BCUT2D eigenvalue weighted by atomic mass is 10.2. The summed E-state index contributed by atoms with van der Waals surface area (Å²) in [5.74, 6) is -2.73. The van der Waals surface area contributed by atoms with Gasteiger partial charge in [-0.05, 0) is 17.7 Å². The van der Waals surface area contributed by atoms with Crippen LogP contribution in [0.2, 0.25) is 0 Å². The molecule has 0 unspecified atom stereocenters. The minimum Gasteiger partial charge on any atom is -0.346 e. The molecule has 0 aliphatic rings. The molecule has 0 radical (unpaired) electrons. The molecule has 0 bridgehead atoms. The highest BCUT2D eigenvalue weighted by molar-refractivity contribution is 6.23. The number of carbonyl (C=O) groups is 2. The van der Waals surface area contributed by atoms with E-state index in [0.717, 1.165) is 12.1 Å². The maximum absolute atomic E-state index is 12.6. The molecule has 0 fully saturated rings. The summed E-state index contributed by atoms with van der Waals surface area (Å²) in [6.07, 6.45) is 0.111. The SMILES string of the molecule is O=CC(=O)NCc1ccc(F)c(F)c1. The van der Waals surface area contributed by atoms with Crippen LogP contribution in [0.5, 0.6) is 0 Å². The van der Waals surface area contributed by atoms with E-state index < -0.39 is 17.5 Å². The topological polar surface area (TPSA) is 46.2 Å². The molecule has 1 rings (SSSR count). The van der Waals surface area contributed by atoms with Gasteiger partial charge in [0.2, 0.25) is 6.29 Å². The van der Waals surface area contributed by atoms with Crippen LogP contribution in [0.4, 0.5) is 8.78 Å². The average molecular weight is 199 g/mol. The van der Waals surface area contributed by atoms with Crippen molar-refractivity contribution in [1.82, 2.24) is 5.32 Å². The van der Waals surface area contributed by atoms with Gasteiger partial charge in [0.1, 0.15) is 0 Å². The number of amides is 1. The van der Waals surface area contributed by atoms with E-state index in [2.05, 4.69) is 5.32 Å². The van der Waals surface area contributed by atoms with Crippen LogP contribution >= 0.6 is 0 Å². The lowest BCUT2D eigenvalue weighted by Crippen LogP contribution is -2.23. The Hall–Kier alpha value is -1.78. The third-order valence-corrected chi connectivity index (χ3v) is 1.56. The van der Waals surface area contributed by atoms with E-state index in [9.17, 15) is 18.4 Å². The fraction of sp³-hybridized carbons (Fsp3) is 0.111. The van der Waals surface area contributed by atoms with Crippen molar-refractivity contribution >= 4 is 12.2 Å². The number of carbonyl (C=O) groups excluding carboxylic acids is 2. The fourth-order valence-electron chi connectivity index (χ4n) is 0.880. The molecule has 0 heterocycles. The first-order valence-electron chi connectivity index (χ1n) is 3.80. The summed E-state index contributed by atoms with van der Waals surface area (Å²) in [5, 5.41) is 2.20. The van der Waals surface area contributed by atoms with Crippen molar-refractivity contribution in [3.63, 3.8) is 0 Å². The molecule has 1 N–H and O–H groups in total. The van der Waals surface area contributed by atoms with Gasteiger partial charge in [-0.3, -0.25) is 9.59 Å². The Morgan fingerprint density at radius 3 is 2.64 bits per heavy atom. The number of benzene rings is 1. The lowest BCUT2D eigenvalue weighted by molar-refractivity contribution is -0.131. The van der Waals surface area contributed by atoms with Gasteiger partial charge < -0.3 is 5.32 Å². The molecule has 5 heteroatoms. The van der Waals surface area contributed by atoms with Gasteiger partial charge in [0.05, 0.1) is 0 Å². The molecule has 0 saturated heterocycles. The van der Waals surface area contributed by atoms with Gasteiger partial charge in [0.25, 0.3) is 5.91 Å². The third kappa shape index (κ3) is 2.62. The van der Waals surface area contributed by atoms with E-state index in [1.807, 2.05) is 0 Å². The fourth-order valence-corrected chi connectivity index (χ4v) is 0.880. The minimum atomic E-state index is -0.983. The van der Waals surface area contributed by atoms with E-state index in [1.54, 1.807) is 0 Å². The molecule has 1 amide bonds. The van der Waals surface area contributed by atoms with Crippen LogP contribution in [0.25, 0.3) is 0 Å². The molecular weight excluding hydrogens is 192 g/mol. The van der Waals surface area contributed by atoms with Crippen molar-refractivity contribution in [2.75, 3.05) is 0 Å². The molecule has 3 nitrogen and oxygen atoms in total. The predicted octanol–water partition coefficient (Wildman–Crippen LogP) is 0.780. The van der Waals surface area contributed by atoms with Crippen LogP contribution in [-0.2, 0) is 16.1 Å². The maximum atomic E-state index is 12.6. The summed E-state index contributed by atoms with van der Waals surface area (Å²) in [6, 6.07) is 3.24. The van der Waals surface area contributed by atoms with Gasteiger partial charge >= 0.3 is 0 Å². The summed E-state index contributed by atoms with van der Waals surface area (Å²) in [6.45, 7) is -0.00519. The molecule has 74 valence electrons. The van der Waals surface area contributed by atoms with E-state index in [0.29, 0.717) is 5.56 Å². The van der Waals surface area contributed by atoms with E-state index >= 15 is 0 Å². The van der Waals surface area contributed by atoms with E-state index in [-0.39, 0.29) is 12.8 Å². The van der Waals surface area contributed by atoms with Crippen LogP contribution < -0.4 is 5.32 Å². The standard InChI is InChI=1S/C9H7F2NO2/c10-7-2-1-6(3-8(7)11)4-12-9(14)5-13/h1-3,5H,4H2,(H,12,14). The first-order valence-corrected chi connectivity index (χ1v) is 3.80. The molecule has 0 aromatic heterocycles. The number of nitrogens with one attached hydrogen (secondary N) is 1. The monoisotopic (exact) mass is 199 g/mol. The van der Waals surface area contributed by atoms with Crippen molar-refractivity contribution in [3.8, 4) is 0 Å². The molecule has 0 saturated carbocycles. The highest BCUT2D eigenvalue weighted by Crippen LogP contribution is 2.07. The van der Waals surface area contributed by atoms with Crippen molar-refractivity contribution in [3.05, 3.63) is 35.4 Å².